The maximum atomic E-state index is 13.1. The molecule has 1 aromatic heterocycles. The van der Waals surface area contributed by atoms with Gasteiger partial charge < -0.3 is 5.32 Å². The van der Waals surface area contributed by atoms with Crippen molar-refractivity contribution in [2.45, 2.75) is 0 Å². The van der Waals surface area contributed by atoms with Crippen LogP contribution in [0.25, 0.3) is 6.08 Å². The van der Waals surface area contributed by atoms with Crippen molar-refractivity contribution in [3.05, 3.63) is 34.4 Å². The zero-order valence-corrected chi connectivity index (χ0v) is 7.61. The van der Waals surface area contributed by atoms with Gasteiger partial charge in [0.2, 0.25) is 5.95 Å². The Bertz CT molecular complexity index is 357. The number of aromatic nitrogens is 1. The number of nitrogens with zero attached hydrogens (tertiary/aromatic N) is 1. The molecule has 0 aliphatic carbocycles. The van der Waals surface area contributed by atoms with Gasteiger partial charge in [0.25, 0.3) is 0 Å². The van der Waals surface area contributed by atoms with Crippen LogP contribution in [0.1, 0.15) is 5.56 Å². The summed E-state index contributed by atoms with van der Waals surface area (Å²) < 4.78 is 13.1. The number of hydrogen-bond acceptors (Lipinski definition) is 2. The van der Waals surface area contributed by atoms with Gasteiger partial charge in [-0.25, -0.2) is 4.98 Å². The van der Waals surface area contributed by atoms with Gasteiger partial charge in [0, 0.05) is 18.7 Å². The first-order chi connectivity index (χ1) is 6.25. The number of rotatable bonds is 1. The Hall–Kier alpha value is -0.930. The van der Waals surface area contributed by atoms with Crippen molar-refractivity contribution in [1.82, 2.24) is 10.3 Å². The summed E-state index contributed by atoms with van der Waals surface area (Å²) in [5, 5.41) is 3.26. The number of pyridine rings is 1. The lowest BCUT2D eigenvalue weighted by molar-refractivity contribution is 0.580. The van der Waals surface area contributed by atoms with E-state index in [1.807, 2.05) is 0 Å². The standard InChI is InChI=1S/C9H8ClFN2/c10-8-2-1-7(9(11)13-8)3-6-4-12-5-6/h1-3,12H,4-5H2. The van der Waals surface area contributed by atoms with E-state index in [0.717, 1.165) is 13.1 Å². The molecule has 1 aliphatic rings. The molecule has 68 valence electrons. The van der Waals surface area contributed by atoms with Crippen LogP contribution < -0.4 is 5.32 Å². The lowest BCUT2D eigenvalue weighted by Gasteiger charge is -2.18. The lowest BCUT2D eigenvalue weighted by Crippen LogP contribution is -2.33. The smallest absolute Gasteiger partial charge is 0.221 e. The van der Waals surface area contributed by atoms with Gasteiger partial charge in [-0.05, 0) is 23.8 Å². The Morgan fingerprint density at radius 1 is 1.46 bits per heavy atom. The van der Waals surface area contributed by atoms with Crippen molar-refractivity contribution >= 4 is 17.7 Å². The van der Waals surface area contributed by atoms with E-state index in [1.165, 1.54) is 5.57 Å². The van der Waals surface area contributed by atoms with Gasteiger partial charge in [-0.15, -0.1) is 0 Å². The van der Waals surface area contributed by atoms with Crippen LogP contribution in [0.15, 0.2) is 17.7 Å². The topological polar surface area (TPSA) is 24.9 Å². The third-order valence-electron chi connectivity index (χ3n) is 1.91. The van der Waals surface area contributed by atoms with Gasteiger partial charge in [0.1, 0.15) is 5.15 Å². The molecule has 1 aromatic rings. The first kappa shape index (κ1) is 8.66. The molecule has 2 heterocycles. The minimum Gasteiger partial charge on any atom is -0.309 e. The molecular formula is C9H8ClFN2. The molecule has 13 heavy (non-hydrogen) atoms. The number of halogens is 2. The van der Waals surface area contributed by atoms with Gasteiger partial charge in [0.05, 0.1) is 0 Å². The quantitative estimate of drug-likeness (QED) is 0.697. The van der Waals surface area contributed by atoms with Gasteiger partial charge in [-0.2, -0.15) is 4.39 Å². The van der Waals surface area contributed by atoms with E-state index >= 15 is 0 Å². The third kappa shape index (κ3) is 1.87. The summed E-state index contributed by atoms with van der Waals surface area (Å²) in [4.78, 5) is 3.52. The average Bonchev–Trinajstić information content (AvgIpc) is 1.99. The molecule has 0 bridgehead atoms. The molecule has 1 saturated heterocycles. The molecule has 0 spiro atoms. The summed E-state index contributed by atoms with van der Waals surface area (Å²) in [5.41, 5.74) is 1.68. The van der Waals surface area contributed by atoms with Crippen molar-refractivity contribution in [1.29, 1.82) is 0 Å². The summed E-state index contributed by atoms with van der Waals surface area (Å²) in [5.74, 6) is -0.508. The molecule has 0 saturated carbocycles. The molecule has 4 heteroatoms. The van der Waals surface area contributed by atoms with E-state index in [1.54, 1.807) is 18.2 Å². The van der Waals surface area contributed by atoms with Crippen LogP contribution in [0.4, 0.5) is 4.39 Å². The van der Waals surface area contributed by atoms with Crippen LogP contribution in [0.2, 0.25) is 5.15 Å². The lowest BCUT2D eigenvalue weighted by atomic mass is 10.1. The van der Waals surface area contributed by atoms with Gasteiger partial charge >= 0.3 is 0 Å². The van der Waals surface area contributed by atoms with Gasteiger partial charge in [0.15, 0.2) is 0 Å². The highest BCUT2D eigenvalue weighted by Crippen LogP contribution is 2.14. The maximum Gasteiger partial charge on any atom is 0.221 e. The summed E-state index contributed by atoms with van der Waals surface area (Å²) in [7, 11) is 0. The number of nitrogens with one attached hydrogen (secondary N) is 1. The molecule has 0 atom stereocenters. The van der Waals surface area contributed by atoms with Crippen molar-refractivity contribution in [3.63, 3.8) is 0 Å². The molecule has 1 N–H and O–H groups in total. The molecule has 0 radical (unpaired) electrons. The Morgan fingerprint density at radius 3 is 2.77 bits per heavy atom. The summed E-state index contributed by atoms with van der Waals surface area (Å²) in [6, 6.07) is 3.22. The van der Waals surface area contributed by atoms with Crippen molar-refractivity contribution in [2.75, 3.05) is 13.1 Å². The normalized spacial score (nSPS) is 15.4. The van der Waals surface area contributed by atoms with Gasteiger partial charge in [-0.3, -0.25) is 0 Å². The SMILES string of the molecule is Fc1nc(Cl)ccc1C=C1CNC1. The summed E-state index contributed by atoms with van der Waals surface area (Å²) >= 11 is 5.52. The van der Waals surface area contributed by atoms with Crippen molar-refractivity contribution < 1.29 is 4.39 Å². The number of hydrogen-bond donors (Lipinski definition) is 1. The average molecular weight is 199 g/mol. The van der Waals surface area contributed by atoms with Crippen molar-refractivity contribution in [2.24, 2.45) is 0 Å². The predicted octanol–water partition coefficient (Wildman–Crippen LogP) is 1.86. The fraction of sp³-hybridized carbons (Fsp3) is 0.222. The first-order valence-electron chi connectivity index (χ1n) is 3.98. The van der Waals surface area contributed by atoms with E-state index in [9.17, 15) is 4.39 Å². The minimum atomic E-state index is -0.508. The van der Waals surface area contributed by atoms with Gasteiger partial charge in [-0.1, -0.05) is 11.6 Å². The maximum absolute atomic E-state index is 13.1. The van der Waals surface area contributed by atoms with Crippen LogP contribution >= 0.6 is 11.6 Å². The second kappa shape index (κ2) is 3.44. The molecule has 1 aliphatic heterocycles. The highest BCUT2D eigenvalue weighted by atomic mass is 35.5. The second-order valence-corrected chi connectivity index (χ2v) is 3.31. The molecule has 2 rings (SSSR count). The Kier molecular flexibility index (Phi) is 2.29. The zero-order valence-electron chi connectivity index (χ0n) is 6.85. The molecule has 0 aromatic carbocycles. The largest absolute Gasteiger partial charge is 0.309 e. The highest BCUT2D eigenvalue weighted by Gasteiger charge is 2.09. The fourth-order valence-electron chi connectivity index (χ4n) is 1.12. The molecule has 1 fully saturated rings. The molecule has 0 unspecified atom stereocenters. The van der Waals surface area contributed by atoms with E-state index < -0.39 is 5.95 Å². The van der Waals surface area contributed by atoms with E-state index in [-0.39, 0.29) is 5.15 Å². The van der Waals surface area contributed by atoms with Crippen molar-refractivity contribution in [3.8, 4) is 0 Å². The highest BCUT2D eigenvalue weighted by molar-refractivity contribution is 6.29. The Balaban J connectivity index is 2.29. The predicted molar refractivity (Wildman–Crippen MR) is 50.1 cm³/mol. The third-order valence-corrected chi connectivity index (χ3v) is 2.12. The van der Waals surface area contributed by atoms with Crippen LogP contribution in [0.3, 0.4) is 0 Å². The molecule has 0 amide bonds. The first-order valence-corrected chi connectivity index (χ1v) is 4.36. The second-order valence-electron chi connectivity index (χ2n) is 2.92. The molecule has 2 nitrogen and oxygen atoms in total. The Morgan fingerprint density at radius 2 is 2.23 bits per heavy atom. The molecular weight excluding hydrogens is 191 g/mol. The Labute approximate surface area is 80.4 Å². The summed E-state index contributed by atoms with van der Waals surface area (Å²) in [6.45, 7) is 1.67. The minimum absolute atomic E-state index is 0.186. The monoisotopic (exact) mass is 198 g/mol. The van der Waals surface area contributed by atoms with E-state index in [2.05, 4.69) is 10.3 Å². The van der Waals surface area contributed by atoms with Crippen LogP contribution in [-0.2, 0) is 0 Å². The van der Waals surface area contributed by atoms with Crippen LogP contribution in [0.5, 0.6) is 0 Å². The fourth-order valence-corrected chi connectivity index (χ4v) is 1.26. The van der Waals surface area contributed by atoms with E-state index in [0.29, 0.717) is 5.56 Å². The summed E-state index contributed by atoms with van der Waals surface area (Å²) in [6.07, 6.45) is 1.80. The zero-order chi connectivity index (χ0) is 9.26. The van der Waals surface area contributed by atoms with Crippen LogP contribution in [-0.4, -0.2) is 18.1 Å². The van der Waals surface area contributed by atoms with E-state index in [4.69, 9.17) is 11.6 Å². The van der Waals surface area contributed by atoms with Crippen LogP contribution in [0, 0.1) is 5.95 Å².